The molecule has 0 radical (unpaired) electrons. The molecule has 0 amide bonds. The third-order valence-corrected chi connectivity index (χ3v) is 6.01. The molecule has 0 fully saturated rings. The summed E-state index contributed by atoms with van der Waals surface area (Å²) in [6.45, 7) is 7.33. The highest BCUT2D eigenvalue weighted by atomic mass is 14.7. The second-order valence-electron chi connectivity index (χ2n) is 7.77. The Morgan fingerprint density at radius 3 is 1.84 bits per heavy atom. The van der Waals surface area contributed by atoms with Crippen molar-refractivity contribution in [2.24, 2.45) is 0 Å². The molecule has 0 unspecified atom stereocenters. The average molecular weight is 406 g/mol. The minimum atomic E-state index is 0.528. The maximum atomic E-state index is 9.31. The van der Waals surface area contributed by atoms with Crippen LogP contribution in [0.4, 0.5) is 5.69 Å². The molecule has 0 N–H and O–H groups in total. The van der Waals surface area contributed by atoms with Gasteiger partial charge in [-0.3, -0.25) is 9.97 Å². The van der Waals surface area contributed by atoms with Crippen LogP contribution in [-0.4, -0.2) is 9.97 Å². The highest BCUT2D eigenvalue weighted by molar-refractivity contribution is 6.27. The van der Waals surface area contributed by atoms with Gasteiger partial charge in [-0.25, -0.2) is 4.85 Å². The Kier molecular flexibility index (Phi) is 3.87. The van der Waals surface area contributed by atoms with E-state index >= 15 is 0 Å². The van der Waals surface area contributed by atoms with E-state index in [1.54, 1.807) is 18.6 Å². The zero-order valence-corrected chi connectivity index (χ0v) is 16.9. The van der Waals surface area contributed by atoms with E-state index in [9.17, 15) is 5.26 Å². The van der Waals surface area contributed by atoms with Crippen molar-refractivity contribution in [3.05, 3.63) is 102 Å². The molecule has 4 nitrogen and oxygen atoms in total. The summed E-state index contributed by atoms with van der Waals surface area (Å²) in [5.74, 6) is 0. The Morgan fingerprint density at radius 1 is 0.688 bits per heavy atom. The summed E-state index contributed by atoms with van der Waals surface area (Å²) < 4.78 is 0. The summed E-state index contributed by atoms with van der Waals surface area (Å²) in [4.78, 5) is 12.1. The summed E-state index contributed by atoms with van der Waals surface area (Å²) >= 11 is 0. The monoisotopic (exact) mass is 406 g/mol. The van der Waals surface area contributed by atoms with Crippen molar-refractivity contribution in [2.45, 2.75) is 0 Å². The predicted molar refractivity (Wildman–Crippen MR) is 128 cm³/mol. The molecule has 32 heavy (non-hydrogen) atoms. The first-order chi connectivity index (χ1) is 15.8. The van der Waals surface area contributed by atoms with Crippen LogP contribution in [0.3, 0.4) is 0 Å². The second-order valence-corrected chi connectivity index (χ2v) is 7.77. The molecule has 0 saturated carbocycles. The van der Waals surface area contributed by atoms with Gasteiger partial charge in [0.25, 0.3) is 0 Å². The van der Waals surface area contributed by atoms with E-state index in [-0.39, 0.29) is 0 Å². The van der Waals surface area contributed by atoms with E-state index in [0.29, 0.717) is 11.3 Å². The van der Waals surface area contributed by atoms with Crippen molar-refractivity contribution >= 4 is 38.0 Å². The number of hydrogen-bond acceptors (Lipinski definition) is 3. The molecule has 0 bridgehead atoms. The van der Waals surface area contributed by atoms with E-state index in [1.807, 2.05) is 18.3 Å². The Labute approximate surface area is 184 Å². The van der Waals surface area contributed by atoms with Crippen molar-refractivity contribution in [3.63, 3.8) is 0 Å². The van der Waals surface area contributed by atoms with Crippen molar-refractivity contribution < 1.29 is 0 Å². The fourth-order valence-electron chi connectivity index (χ4n) is 4.59. The van der Waals surface area contributed by atoms with Crippen molar-refractivity contribution in [1.82, 2.24) is 9.97 Å². The lowest BCUT2D eigenvalue weighted by molar-refractivity contribution is 1.30. The average Bonchev–Trinajstić information content (AvgIpc) is 2.87. The van der Waals surface area contributed by atoms with E-state index in [2.05, 4.69) is 69.4 Å². The van der Waals surface area contributed by atoms with Crippen LogP contribution >= 0.6 is 0 Å². The smallest absolute Gasteiger partial charge is 0.205 e. The summed E-state index contributed by atoms with van der Waals surface area (Å²) in [5, 5.41) is 16.3. The molecule has 0 saturated heterocycles. The van der Waals surface area contributed by atoms with Crippen LogP contribution in [0.5, 0.6) is 0 Å². The van der Waals surface area contributed by atoms with Gasteiger partial charge in [0.15, 0.2) is 0 Å². The molecule has 0 aliphatic heterocycles. The lowest BCUT2D eigenvalue weighted by Gasteiger charge is -2.16. The standard InChI is InChI=1S/C28H14N4/c1-30-22-11-21(15-32-16-22)24-7-3-19-4-8-25-23(20-10-17(12-29)13-31-14-20)6-2-18-5-9-26(24)28(19)27(18)25/h2-11,13-16H. The van der Waals surface area contributed by atoms with Crippen LogP contribution < -0.4 is 0 Å². The zero-order chi connectivity index (χ0) is 21.7. The van der Waals surface area contributed by atoms with Gasteiger partial charge >= 0.3 is 0 Å². The van der Waals surface area contributed by atoms with Crippen LogP contribution in [0.15, 0.2) is 85.5 Å². The van der Waals surface area contributed by atoms with Crippen molar-refractivity contribution in [2.75, 3.05) is 0 Å². The van der Waals surface area contributed by atoms with Gasteiger partial charge in [-0.05, 0) is 61.1 Å². The molecule has 2 heterocycles. The first kappa shape index (κ1) is 18.0. The Balaban J connectivity index is 1.70. The van der Waals surface area contributed by atoms with Crippen LogP contribution in [0.25, 0.3) is 59.4 Å². The number of nitrogens with zero attached hydrogens (tertiary/aromatic N) is 4. The lowest BCUT2D eigenvalue weighted by Crippen LogP contribution is -1.90. The van der Waals surface area contributed by atoms with E-state index < -0.39 is 0 Å². The summed E-state index contributed by atoms with van der Waals surface area (Å²) in [5.41, 5.74) is 5.05. The first-order valence-corrected chi connectivity index (χ1v) is 10.2. The molecule has 0 aliphatic rings. The predicted octanol–water partition coefficient (Wildman–Crippen LogP) is 7.13. The number of benzene rings is 4. The largest absolute Gasteiger partial charge is 0.276 e. The van der Waals surface area contributed by atoms with Gasteiger partial charge in [0.2, 0.25) is 5.69 Å². The molecule has 6 aromatic rings. The minimum Gasteiger partial charge on any atom is -0.276 e. The quantitative estimate of drug-likeness (QED) is 0.227. The fourth-order valence-corrected chi connectivity index (χ4v) is 4.59. The molecule has 0 atom stereocenters. The number of pyridine rings is 2. The van der Waals surface area contributed by atoms with Crippen LogP contribution in [0.2, 0.25) is 0 Å². The number of rotatable bonds is 2. The summed E-state index contributed by atoms with van der Waals surface area (Å²) in [7, 11) is 0. The summed E-state index contributed by atoms with van der Waals surface area (Å²) in [6.07, 6.45) is 6.78. The summed E-state index contributed by atoms with van der Waals surface area (Å²) in [6, 6.07) is 23.0. The number of hydrogen-bond donors (Lipinski definition) is 0. The molecule has 0 aliphatic carbocycles. The van der Waals surface area contributed by atoms with Gasteiger partial charge in [-0.1, -0.05) is 48.5 Å². The first-order valence-electron chi connectivity index (χ1n) is 10.2. The highest BCUT2D eigenvalue weighted by Gasteiger charge is 2.15. The third-order valence-electron chi connectivity index (χ3n) is 6.01. The Bertz CT molecular complexity index is 1620. The van der Waals surface area contributed by atoms with Crippen LogP contribution in [-0.2, 0) is 0 Å². The van der Waals surface area contributed by atoms with Gasteiger partial charge in [0.05, 0.1) is 12.1 Å². The minimum absolute atomic E-state index is 0.528. The number of aromatic nitrogens is 2. The van der Waals surface area contributed by atoms with Crippen molar-refractivity contribution in [1.29, 1.82) is 5.26 Å². The Morgan fingerprint density at radius 2 is 1.25 bits per heavy atom. The Hall–Kier alpha value is -4.80. The van der Waals surface area contributed by atoms with Crippen LogP contribution in [0.1, 0.15) is 5.56 Å². The van der Waals surface area contributed by atoms with Gasteiger partial charge < -0.3 is 0 Å². The topological polar surface area (TPSA) is 53.9 Å². The van der Waals surface area contributed by atoms with Gasteiger partial charge in [0.1, 0.15) is 6.07 Å². The molecule has 2 aromatic heterocycles. The SMILES string of the molecule is [C-]#[N+]c1cncc(-c2ccc3ccc4c(-c5cncc(C#N)c5)ccc5ccc2c3c54)c1. The maximum absolute atomic E-state index is 9.31. The molecular weight excluding hydrogens is 392 g/mol. The maximum Gasteiger partial charge on any atom is 0.205 e. The highest BCUT2D eigenvalue weighted by Crippen LogP contribution is 2.42. The van der Waals surface area contributed by atoms with E-state index in [1.165, 1.54) is 10.8 Å². The molecule has 146 valence electrons. The number of nitriles is 1. The molecule has 0 spiro atoms. The van der Waals surface area contributed by atoms with Gasteiger partial charge in [-0.15, -0.1) is 0 Å². The van der Waals surface area contributed by atoms with Crippen molar-refractivity contribution in [3.8, 4) is 28.3 Å². The molecule has 4 aromatic carbocycles. The second kappa shape index (κ2) is 6.87. The molecule has 6 rings (SSSR count). The lowest BCUT2D eigenvalue weighted by atomic mass is 9.87. The van der Waals surface area contributed by atoms with Gasteiger partial charge in [0, 0.05) is 30.4 Å². The van der Waals surface area contributed by atoms with Gasteiger partial charge in [-0.2, -0.15) is 5.26 Å². The zero-order valence-electron chi connectivity index (χ0n) is 16.9. The molecular formula is C28H14N4. The fraction of sp³-hybridized carbons (Fsp3) is 0. The van der Waals surface area contributed by atoms with E-state index in [4.69, 9.17) is 6.57 Å². The third kappa shape index (κ3) is 2.61. The van der Waals surface area contributed by atoms with Crippen LogP contribution in [0, 0.1) is 17.9 Å². The van der Waals surface area contributed by atoms with E-state index in [0.717, 1.165) is 43.8 Å². The normalized spacial score (nSPS) is 11.1. The molecule has 4 heteroatoms.